The van der Waals surface area contributed by atoms with Crippen molar-refractivity contribution in [3.63, 3.8) is 0 Å². The zero-order valence-electron chi connectivity index (χ0n) is 10.9. The van der Waals surface area contributed by atoms with Gasteiger partial charge in [-0.15, -0.1) is 0 Å². The fourth-order valence-electron chi connectivity index (χ4n) is 1.71. The van der Waals surface area contributed by atoms with Crippen LogP contribution < -0.4 is 5.32 Å². The highest BCUT2D eigenvalue weighted by atomic mass is 16.6. The molecule has 1 atom stereocenters. The van der Waals surface area contributed by atoms with E-state index in [0.29, 0.717) is 5.69 Å². The van der Waals surface area contributed by atoms with Gasteiger partial charge >= 0.3 is 11.7 Å². The van der Waals surface area contributed by atoms with E-state index in [9.17, 15) is 14.9 Å². The third-order valence-electron chi connectivity index (χ3n) is 2.61. The Morgan fingerprint density at radius 2 is 2.32 bits per heavy atom. The number of nitro groups is 1. The molecule has 0 aromatic carbocycles. The number of carboxylic acids is 1. The number of nitrogens with one attached hydrogen (secondary N) is 1. The SMILES string of the molecule is COC(CNc1c([N+](=O)[O-])c(C)nn1C)CC(=O)O. The van der Waals surface area contributed by atoms with E-state index in [-0.39, 0.29) is 24.5 Å². The molecule has 0 radical (unpaired) electrons. The smallest absolute Gasteiger partial charge is 0.333 e. The van der Waals surface area contributed by atoms with Gasteiger partial charge < -0.3 is 15.2 Å². The van der Waals surface area contributed by atoms with Gasteiger partial charge in [0.15, 0.2) is 0 Å². The van der Waals surface area contributed by atoms with Gasteiger partial charge in [0.2, 0.25) is 5.82 Å². The number of rotatable bonds is 7. The quantitative estimate of drug-likeness (QED) is 0.549. The zero-order chi connectivity index (χ0) is 14.6. The lowest BCUT2D eigenvalue weighted by atomic mass is 10.2. The van der Waals surface area contributed by atoms with Gasteiger partial charge in [0.05, 0.1) is 17.4 Å². The van der Waals surface area contributed by atoms with Crippen LogP contribution in [-0.4, -0.2) is 45.5 Å². The summed E-state index contributed by atoms with van der Waals surface area (Å²) in [5, 5.41) is 26.4. The van der Waals surface area contributed by atoms with Gasteiger partial charge in [0, 0.05) is 20.7 Å². The van der Waals surface area contributed by atoms with Crippen molar-refractivity contribution in [1.82, 2.24) is 9.78 Å². The van der Waals surface area contributed by atoms with E-state index in [1.165, 1.54) is 18.7 Å². The van der Waals surface area contributed by atoms with Crippen molar-refractivity contribution in [1.29, 1.82) is 0 Å². The third-order valence-corrected chi connectivity index (χ3v) is 2.61. The van der Waals surface area contributed by atoms with Crippen LogP contribution in [0.5, 0.6) is 0 Å². The summed E-state index contributed by atoms with van der Waals surface area (Å²) < 4.78 is 6.34. The highest BCUT2D eigenvalue weighted by molar-refractivity contribution is 5.67. The maximum Gasteiger partial charge on any atom is 0.333 e. The lowest BCUT2D eigenvalue weighted by Gasteiger charge is -2.14. The highest BCUT2D eigenvalue weighted by Gasteiger charge is 2.24. The molecule has 0 saturated carbocycles. The monoisotopic (exact) mass is 272 g/mol. The molecule has 0 amide bonds. The average molecular weight is 272 g/mol. The van der Waals surface area contributed by atoms with Crippen LogP contribution in [0, 0.1) is 17.0 Å². The standard InChI is InChI=1S/C10H16N4O5/c1-6-9(14(17)18)10(13(2)12-6)11-5-7(19-3)4-8(15)16/h7,11H,4-5H2,1-3H3,(H,15,16). The number of carbonyl (C=O) groups is 1. The fourth-order valence-corrected chi connectivity index (χ4v) is 1.71. The normalized spacial score (nSPS) is 12.2. The maximum absolute atomic E-state index is 10.9. The van der Waals surface area contributed by atoms with Crippen LogP contribution in [0.4, 0.5) is 11.5 Å². The Bertz CT molecular complexity index is 485. The number of hydrogen-bond acceptors (Lipinski definition) is 6. The molecule has 0 aliphatic rings. The molecule has 0 spiro atoms. The maximum atomic E-state index is 10.9. The molecule has 0 bridgehead atoms. The molecule has 19 heavy (non-hydrogen) atoms. The van der Waals surface area contributed by atoms with Gasteiger partial charge in [-0.1, -0.05) is 0 Å². The van der Waals surface area contributed by atoms with E-state index >= 15 is 0 Å². The van der Waals surface area contributed by atoms with Crippen molar-refractivity contribution >= 4 is 17.5 Å². The van der Waals surface area contributed by atoms with Crippen LogP contribution in [0.25, 0.3) is 0 Å². The molecule has 1 heterocycles. The first-order valence-electron chi connectivity index (χ1n) is 5.53. The third kappa shape index (κ3) is 3.65. The number of hydrogen-bond donors (Lipinski definition) is 2. The fraction of sp³-hybridized carbons (Fsp3) is 0.600. The van der Waals surface area contributed by atoms with Gasteiger partial charge in [-0.3, -0.25) is 14.9 Å². The molecule has 0 aliphatic heterocycles. The number of aryl methyl sites for hydroxylation is 2. The molecule has 1 rings (SSSR count). The zero-order valence-corrected chi connectivity index (χ0v) is 10.9. The van der Waals surface area contributed by atoms with E-state index in [1.54, 1.807) is 7.05 Å². The van der Waals surface area contributed by atoms with Crippen LogP contribution in [0.3, 0.4) is 0 Å². The number of aromatic nitrogens is 2. The van der Waals surface area contributed by atoms with Crippen LogP contribution in [0.1, 0.15) is 12.1 Å². The Morgan fingerprint density at radius 3 is 2.79 bits per heavy atom. The number of anilines is 1. The van der Waals surface area contributed by atoms with Crippen molar-refractivity contribution in [3.05, 3.63) is 15.8 Å². The largest absolute Gasteiger partial charge is 0.481 e. The van der Waals surface area contributed by atoms with Crippen molar-refractivity contribution in [2.24, 2.45) is 7.05 Å². The highest BCUT2D eigenvalue weighted by Crippen LogP contribution is 2.27. The molecule has 1 aromatic rings. The van der Waals surface area contributed by atoms with E-state index < -0.39 is 17.0 Å². The number of nitrogens with zero attached hydrogens (tertiary/aromatic N) is 3. The summed E-state index contributed by atoms with van der Waals surface area (Å²) in [6.07, 6.45) is -0.763. The van der Waals surface area contributed by atoms with Crippen molar-refractivity contribution in [2.45, 2.75) is 19.4 Å². The molecular weight excluding hydrogens is 256 g/mol. The molecule has 9 nitrogen and oxygen atoms in total. The Hall–Kier alpha value is -2.16. The van der Waals surface area contributed by atoms with Gasteiger partial charge in [-0.05, 0) is 6.92 Å². The second kappa shape index (κ2) is 6.14. The van der Waals surface area contributed by atoms with Crippen molar-refractivity contribution in [2.75, 3.05) is 19.0 Å². The molecule has 1 aromatic heterocycles. The first kappa shape index (κ1) is 14.9. The minimum absolute atomic E-state index is 0.118. The van der Waals surface area contributed by atoms with Crippen LogP contribution in [0.2, 0.25) is 0 Å². The number of methoxy groups -OCH3 is 1. The lowest BCUT2D eigenvalue weighted by molar-refractivity contribution is -0.384. The summed E-state index contributed by atoms with van der Waals surface area (Å²) in [6, 6.07) is 0. The summed E-state index contributed by atoms with van der Waals surface area (Å²) in [5.74, 6) is -0.765. The van der Waals surface area contributed by atoms with Gasteiger partial charge in [0.1, 0.15) is 5.69 Å². The molecule has 2 N–H and O–H groups in total. The van der Waals surface area contributed by atoms with Crippen molar-refractivity contribution in [3.8, 4) is 0 Å². The van der Waals surface area contributed by atoms with E-state index in [2.05, 4.69) is 10.4 Å². The van der Waals surface area contributed by atoms with Gasteiger partial charge in [0.25, 0.3) is 0 Å². The average Bonchev–Trinajstić information content (AvgIpc) is 2.58. The Labute approximate surface area is 109 Å². The summed E-state index contributed by atoms with van der Waals surface area (Å²) in [4.78, 5) is 21.0. The molecule has 0 saturated heterocycles. The second-order valence-corrected chi connectivity index (χ2v) is 4.00. The van der Waals surface area contributed by atoms with E-state index in [0.717, 1.165) is 0 Å². The first-order chi connectivity index (χ1) is 8.86. The summed E-state index contributed by atoms with van der Waals surface area (Å²) in [5.41, 5.74) is 0.176. The summed E-state index contributed by atoms with van der Waals surface area (Å²) in [7, 11) is 2.96. The van der Waals surface area contributed by atoms with Crippen LogP contribution in [0.15, 0.2) is 0 Å². The topological polar surface area (TPSA) is 120 Å². The van der Waals surface area contributed by atoms with E-state index in [4.69, 9.17) is 9.84 Å². The molecule has 1 unspecified atom stereocenters. The number of ether oxygens (including phenoxy) is 1. The Morgan fingerprint density at radius 1 is 1.68 bits per heavy atom. The molecule has 0 aliphatic carbocycles. The molecule has 9 heteroatoms. The summed E-state index contributed by atoms with van der Waals surface area (Å²) in [6.45, 7) is 1.68. The number of aliphatic carboxylic acids is 1. The lowest BCUT2D eigenvalue weighted by Crippen LogP contribution is -2.26. The predicted molar refractivity (Wildman–Crippen MR) is 66.1 cm³/mol. The van der Waals surface area contributed by atoms with Gasteiger partial charge in [-0.25, -0.2) is 4.68 Å². The first-order valence-corrected chi connectivity index (χ1v) is 5.53. The van der Waals surface area contributed by atoms with Gasteiger partial charge in [-0.2, -0.15) is 5.10 Å². The van der Waals surface area contributed by atoms with E-state index in [1.807, 2.05) is 0 Å². The predicted octanol–water partition coefficient (Wildman–Crippen LogP) is 0.538. The van der Waals surface area contributed by atoms with Crippen LogP contribution >= 0.6 is 0 Å². The minimum Gasteiger partial charge on any atom is -0.481 e. The van der Waals surface area contributed by atoms with Crippen LogP contribution in [-0.2, 0) is 16.6 Å². The number of carboxylic acid groups (broad SMARTS) is 1. The second-order valence-electron chi connectivity index (χ2n) is 4.00. The minimum atomic E-state index is -0.996. The molecule has 106 valence electrons. The molecule has 0 fully saturated rings. The summed E-state index contributed by atoms with van der Waals surface area (Å²) >= 11 is 0. The van der Waals surface area contributed by atoms with Crippen molar-refractivity contribution < 1.29 is 19.6 Å². The Kier molecular flexibility index (Phi) is 4.81. The Balaban J connectivity index is 2.82. The molecular formula is C10H16N4O5.